The predicted molar refractivity (Wildman–Crippen MR) is 99.7 cm³/mol. The quantitative estimate of drug-likeness (QED) is 0.479. The van der Waals surface area contributed by atoms with Gasteiger partial charge in [-0.15, -0.1) is 0 Å². The van der Waals surface area contributed by atoms with Crippen molar-refractivity contribution in [2.45, 2.75) is 84.3 Å². The highest BCUT2D eigenvalue weighted by molar-refractivity contribution is 5.70. The van der Waals surface area contributed by atoms with Gasteiger partial charge in [-0.25, -0.2) is 4.79 Å². The molecule has 10 nitrogen and oxygen atoms in total. The van der Waals surface area contributed by atoms with Crippen molar-refractivity contribution in [3.8, 4) is 0 Å². The van der Waals surface area contributed by atoms with Gasteiger partial charge in [0, 0.05) is 27.3 Å². The first kappa shape index (κ1) is 24.7. The van der Waals surface area contributed by atoms with E-state index in [0.717, 1.165) is 13.8 Å². The van der Waals surface area contributed by atoms with Crippen molar-refractivity contribution in [2.24, 2.45) is 0 Å². The molecule has 0 aromatic heterocycles. The van der Waals surface area contributed by atoms with Gasteiger partial charge in [0.25, 0.3) is 0 Å². The number of hydrogen-bond acceptors (Lipinski definition) is 9. The van der Waals surface area contributed by atoms with E-state index >= 15 is 0 Å². The number of hydrogen-bond donors (Lipinski definition) is 1. The highest BCUT2D eigenvalue weighted by Crippen LogP contribution is 2.29. The van der Waals surface area contributed by atoms with Gasteiger partial charge in [-0.2, -0.15) is 0 Å². The minimum absolute atomic E-state index is 0.349. The van der Waals surface area contributed by atoms with Gasteiger partial charge in [0.2, 0.25) is 0 Å². The molecule has 0 unspecified atom stereocenters. The molecule has 1 aliphatic rings. The summed E-state index contributed by atoms with van der Waals surface area (Å²) in [5.74, 6) is -2.11. The van der Waals surface area contributed by atoms with Crippen LogP contribution in [-0.4, -0.2) is 77.1 Å². The summed E-state index contributed by atoms with van der Waals surface area (Å²) < 4.78 is 21.2. The van der Waals surface area contributed by atoms with Crippen LogP contribution in [0.2, 0.25) is 0 Å². The number of carbonyl (C=O) groups is 4. The molecule has 1 N–H and O–H groups in total. The molecule has 0 aromatic carbocycles. The van der Waals surface area contributed by atoms with Crippen molar-refractivity contribution in [1.82, 2.24) is 4.90 Å². The van der Waals surface area contributed by atoms with E-state index in [2.05, 4.69) is 0 Å². The molecule has 1 saturated heterocycles. The SMILES string of the molecule is CC(=O)O[C@H]([C@H](OC(C)=O)[C@H](CO)OC(C)=O)[C@@H]1CCCN1C(=O)OC(C)(C)C. The van der Waals surface area contributed by atoms with Crippen LogP contribution in [0.25, 0.3) is 0 Å². The fourth-order valence-corrected chi connectivity index (χ4v) is 3.21. The topological polar surface area (TPSA) is 129 Å². The van der Waals surface area contributed by atoms with Gasteiger partial charge in [-0.1, -0.05) is 0 Å². The number of rotatable bonds is 7. The summed E-state index contributed by atoms with van der Waals surface area (Å²) in [5.41, 5.74) is -0.734. The molecule has 0 bridgehead atoms. The Morgan fingerprint density at radius 3 is 2.00 bits per heavy atom. The van der Waals surface area contributed by atoms with E-state index in [4.69, 9.17) is 18.9 Å². The van der Waals surface area contributed by atoms with Crippen LogP contribution in [0.1, 0.15) is 54.4 Å². The van der Waals surface area contributed by atoms with Gasteiger partial charge in [0.05, 0.1) is 12.6 Å². The van der Waals surface area contributed by atoms with Crippen LogP contribution in [0.5, 0.6) is 0 Å². The molecular formula is C19H31NO9. The standard InChI is InChI=1S/C19H31NO9/c1-11(22)26-15(10-21)17(28-13(3)24)16(27-12(2)23)14-8-7-9-20(14)18(25)29-19(4,5)6/h14-17,21H,7-10H2,1-6H3/t14-,15-,16-,17+/m0/s1. The maximum Gasteiger partial charge on any atom is 0.410 e. The zero-order valence-corrected chi connectivity index (χ0v) is 17.8. The Morgan fingerprint density at radius 2 is 1.55 bits per heavy atom. The number of carbonyl (C=O) groups excluding carboxylic acids is 4. The van der Waals surface area contributed by atoms with Crippen LogP contribution < -0.4 is 0 Å². The minimum Gasteiger partial charge on any atom is -0.456 e. The fourth-order valence-electron chi connectivity index (χ4n) is 3.21. The van der Waals surface area contributed by atoms with Crippen molar-refractivity contribution in [3.05, 3.63) is 0 Å². The van der Waals surface area contributed by atoms with Crippen LogP contribution in [0.4, 0.5) is 4.79 Å². The summed E-state index contributed by atoms with van der Waals surface area (Å²) in [7, 11) is 0. The largest absolute Gasteiger partial charge is 0.456 e. The third-order valence-corrected chi connectivity index (χ3v) is 4.10. The number of nitrogens with zero attached hydrogens (tertiary/aromatic N) is 1. The van der Waals surface area contributed by atoms with Crippen LogP contribution >= 0.6 is 0 Å². The molecule has 166 valence electrons. The zero-order chi connectivity index (χ0) is 22.4. The summed E-state index contributed by atoms with van der Waals surface area (Å²) in [6.07, 6.45) is -3.31. The molecule has 29 heavy (non-hydrogen) atoms. The number of ether oxygens (including phenoxy) is 4. The molecule has 0 spiro atoms. The fraction of sp³-hybridized carbons (Fsp3) is 0.789. The monoisotopic (exact) mass is 417 g/mol. The molecule has 4 atom stereocenters. The van der Waals surface area contributed by atoms with Gasteiger partial charge in [-0.3, -0.25) is 14.4 Å². The Morgan fingerprint density at radius 1 is 1.00 bits per heavy atom. The summed E-state index contributed by atoms with van der Waals surface area (Å²) in [5, 5.41) is 9.70. The summed E-state index contributed by atoms with van der Waals surface area (Å²) >= 11 is 0. The molecular weight excluding hydrogens is 386 g/mol. The van der Waals surface area contributed by atoms with Crippen molar-refractivity contribution < 1.29 is 43.2 Å². The van der Waals surface area contributed by atoms with Gasteiger partial charge < -0.3 is 29.0 Å². The molecule has 10 heteroatoms. The van der Waals surface area contributed by atoms with E-state index < -0.39 is 60.6 Å². The molecule has 1 rings (SSSR count). The molecule has 1 heterocycles. The molecule has 0 saturated carbocycles. The first-order valence-corrected chi connectivity index (χ1v) is 9.47. The van der Waals surface area contributed by atoms with Crippen molar-refractivity contribution in [3.63, 3.8) is 0 Å². The van der Waals surface area contributed by atoms with Gasteiger partial charge in [0.15, 0.2) is 18.3 Å². The lowest BCUT2D eigenvalue weighted by molar-refractivity contribution is -0.190. The van der Waals surface area contributed by atoms with Gasteiger partial charge in [-0.05, 0) is 33.6 Å². The van der Waals surface area contributed by atoms with E-state index in [1.54, 1.807) is 20.8 Å². The van der Waals surface area contributed by atoms with Crippen LogP contribution in [0.3, 0.4) is 0 Å². The lowest BCUT2D eigenvalue weighted by atomic mass is 9.98. The normalized spacial score (nSPS) is 19.7. The summed E-state index contributed by atoms with van der Waals surface area (Å²) in [4.78, 5) is 48.9. The average molecular weight is 417 g/mol. The Bertz CT molecular complexity index is 613. The lowest BCUT2D eigenvalue weighted by Gasteiger charge is -2.37. The lowest BCUT2D eigenvalue weighted by Crippen LogP contribution is -2.56. The Balaban J connectivity index is 3.27. The second kappa shape index (κ2) is 10.4. The number of likely N-dealkylation sites (tertiary alicyclic amines) is 1. The van der Waals surface area contributed by atoms with E-state index in [-0.39, 0.29) is 0 Å². The molecule has 0 aliphatic carbocycles. The summed E-state index contributed by atoms with van der Waals surface area (Å²) in [6, 6.07) is -0.692. The van der Waals surface area contributed by atoms with E-state index in [0.29, 0.717) is 19.4 Å². The average Bonchev–Trinajstić information content (AvgIpc) is 3.03. The first-order chi connectivity index (χ1) is 13.4. The van der Waals surface area contributed by atoms with E-state index in [1.165, 1.54) is 11.8 Å². The maximum atomic E-state index is 12.6. The predicted octanol–water partition coefficient (Wildman–Crippen LogP) is 1.17. The van der Waals surface area contributed by atoms with Crippen LogP contribution in [0, 0.1) is 0 Å². The minimum atomic E-state index is -1.31. The molecule has 1 fully saturated rings. The third kappa shape index (κ3) is 7.88. The Labute approximate surface area is 170 Å². The van der Waals surface area contributed by atoms with E-state index in [9.17, 15) is 24.3 Å². The molecule has 1 amide bonds. The highest BCUT2D eigenvalue weighted by atomic mass is 16.6. The Kier molecular flexibility index (Phi) is 8.87. The highest BCUT2D eigenvalue weighted by Gasteiger charge is 2.47. The van der Waals surface area contributed by atoms with Crippen LogP contribution in [0.15, 0.2) is 0 Å². The third-order valence-electron chi connectivity index (χ3n) is 4.10. The van der Waals surface area contributed by atoms with Crippen LogP contribution in [-0.2, 0) is 33.3 Å². The second-order valence-corrected chi connectivity index (χ2v) is 7.86. The smallest absolute Gasteiger partial charge is 0.410 e. The number of aliphatic hydroxyl groups is 1. The molecule has 0 radical (unpaired) electrons. The Hall–Kier alpha value is -2.36. The number of esters is 3. The van der Waals surface area contributed by atoms with Gasteiger partial charge >= 0.3 is 24.0 Å². The number of amides is 1. The zero-order valence-electron chi connectivity index (χ0n) is 17.8. The second-order valence-electron chi connectivity index (χ2n) is 7.86. The maximum absolute atomic E-state index is 12.6. The van der Waals surface area contributed by atoms with Crippen molar-refractivity contribution in [1.29, 1.82) is 0 Å². The molecule has 1 aliphatic heterocycles. The first-order valence-electron chi connectivity index (χ1n) is 9.47. The molecule has 0 aromatic rings. The number of aliphatic hydroxyl groups excluding tert-OH is 1. The van der Waals surface area contributed by atoms with Crippen molar-refractivity contribution >= 4 is 24.0 Å². The van der Waals surface area contributed by atoms with Gasteiger partial charge in [0.1, 0.15) is 5.60 Å². The van der Waals surface area contributed by atoms with Crippen molar-refractivity contribution in [2.75, 3.05) is 13.2 Å². The van der Waals surface area contributed by atoms with E-state index in [1.807, 2.05) is 0 Å². The summed E-state index contributed by atoms with van der Waals surface area (Å²) in [6.45, 7) is 8.30.